The number of phosphoric ester groups is 1. The van der Waals surface area contributed by atoms with Crippen molar-refractivity contribution < 1.29 is 51.1 Å². The van der Waals surface area contributed by atoms with Crippen molar-refractivity contribution in [2.75, 3.05) is 13.7 Å². The van der Waals surface area contributed by atoms with Gasteiger partial charge in [-0.1, -0.05) is 18.7 Å². The summed E-state index contributed by atoms with van der Waals surface area (Å²) in [6.45, 7) is 0.667. The van der Waals surface area contributed by atoms with E-state index in [1.165, 1.54) is 20.1 Å². The number of rotatable bonds is 5. The Bertz CT molecular complexity index is 1160. The molecule has 1 fully saturated rings. The number of halogens is 1. The molecule has 1 amide bonds. The van der Waals surface area contributed by atoms with Gasteiger partial charge in [0.05, 0.1) is 17.8 Å². The van der Waals surface area contributed by atoms with Crippen LogP contribution < -0.4 is 14.6 Å². The number of methoxy groups -OCH3 is 1. The Labute approximate surface area is 186 Å². The molecule has 0 aromatic heterocycles. The summed E-state index contributed by atoms with van der Waals surface area (Å²) >= 11 is 0. The lowest BCUT2D eigenvalue weighted by Gasteiger charge is -2.34. The molecule has 13 heteroatoms. The number of carbonyl (C=O) groups is 1. The lowest BCUT2D eigenvalue weighted by Crippen LogP contribution is -2.47. The van der Waals surface area contributed by atoms with Gasteiger partial charge in [0, 0.05) is 17.3 Å². The zero-order chi connectivity index (χ0) is 26.0. The Morgan fingerprint density at radius 1 is 1.53 bits per heavy atom. The number of carbonyl (C=O) groups excluding carboxylic acids is 1. The molecule has 0 saturated carbocycles. The van der Waals surface area contributed by atoms with Crippen molar-refractivity contribution >= 4 is 13.7 Å². The van der Waals surface area contributed by atoms with E-state index in [9.17, 15) is 19.6 Å². The predicted octanol–water partition coefficient (Wildman–Crippen LogP) is 1.28. The van der Waals surface area contributed by atoms with Crippen molar-refractivity contribution in [3.63, 3.8) is 0 Å². The summed E-state index contributed by atoms with van der Waals surface area (Å²) in [5.74, 6) is -4.84. The number of benzene rings is 1. The van der Waals surface area contributed by atoms with Crippen LogP contribution in [0.4, 0.5) is 4.39 Å². The molecule has 4 rings (SSSR count). The van der Waals surface area contributed by atoms with Crippen LogP contribution in [0, 0.1) is 0 Å². The Morgan fingerprint density at radius 3 is 3.00 bits per heavy atom. The maximum atomic E-state index is 16.0. The Kier molecular flexibility index (Phi) is 4.85. The standard InChI is InChI=1S/C19H22FN2O9P/c1-10-7-22(11(2)21-17(10)25)18-14(23)16(24)19(20,30-18)9-29-32(26)28-8-12-5-4-6-13(27-3)15(12)31-32/h4-7,14,16,18,23-24H,2,8-9H2,1,3H3,(H,21,25)/t14-,16+,18-,19-,32?/m1/s1/i9D2,18D. The van der Waals surface area contributed by atoms with E-state index in [0.717, 1.165) is 6.20 Å². The van der Waals surface area contributed by atoms with Crippen molar-refractivity contribution in [1.82, 2.24) is 10.2 Å². The number of phosphoric acid groups is 1. The fourth-order valence-electron chi connectivity index (χ4n) is 3.09. The molecule has 3 heterocycles. The van der Waals surface area contributed by atoms with E-state index in [-0.39, 0.29) is 29.5 Å². The monoisotopic (exact) mass is 475 g/mol. The van der Waals surface area contributed by atoms with Crippen LogP contribution in [0.15, 0.2) is 42.4 Å². The number of hydrogen-bond donors (Lipinski definition) is 3. The summed E-state index contributed by atoms with van der Waals surface area (Å²) < 4.78 is 78.8. The van der Waals surface area contributed by atoms with Gasteiger partial charge in [-0.25, -0.2) is 8.96 Å². The molecule has 1 aromatic rings. The molecule has 11 nitrogen and oxygen atoms in total. The highest BCUT2D eigenvalue weighted by atomic mass is 31.2. The van der Waals surface area contributed by atoms with Crippen LogP contribution in [0.25, 0.3) is 0 Å². The van der Waals surface area contributed by atoms with Crippen molar-refractivity contribution in [1.29, 1.82) is 0 Å². The van der Waals surface area contributed by atoms with Gasteiger partial charge >= 0.3 is 7.82 Å². The number of alkyl halides is 1. The number of aliphatic hydroxyl groups excluding tert-OH is 2. The normalized spacial score (nSPS) is 38.6. The smallest absolute Gasteiger partial charge is 0.493 e. The highest BCUT2D eigenvalue weighted by Gasteiger charge is 2.58. The molecule has 3 aliphatic heterocycles. The van der Waals surface area contributed by atoms with E-state index in [4.69, 9.17) is 27.2 Å². The average molecular weight is 475 g/mol. The maximum absolute atomic E-state index is 16.0. The molecule has 0 aliphatic carbocycles. The van der Waals surface area contributed by atoms with Crippen LogP contribution in [-0.4, -0.2) is 59.0 Å². The second kappa shape index (κ2) is 8.14. The SMILES string of the molecule is [2H]C([2H])(OP1(=O)OCc2cccc(OC)c2O1)[C@@]1(F)O[C@@]([2H])(N2C=C(C)C(=O)NC2=C)[C@H](O)[C@@H]1O. The number of fused-ring (bicyclic) bond motifs is 1. The summed E-state index contributed by atoms with van der Waals surface area (Å²) in [7, 11) is -3.58. The third kappa shape index (κ3) is 3.90. The van der Waals surface area contributed by atoms with Gasteiger partial charge in [-0.05, 0) is 13.0 Å². The highest BCUT2D eigenvalue weighted by molar-refractivity contribution is 7.49. The first-order valence-electron chi connectivity index (χ1n) is 10.7. The number of ether oxygens (including phenoxy) is 2. The van der Waals surface area contributed by atoms with Gasteiger partial charge in [0.2, 0.25) is 0 Å². The number of para-hydroxylation sites is 1. The Hall–Kier alpha value is -2.47. The zero-order valence-corrected chi connectivity index (χ0v) is 17.8. The summed E-state index contributed by atoms with van der Waals surface area (Å²) in [4.78, 5) is 12.5. The van der Waals surface area contributed by atoms with Crippen LogP contribution in [0.1, 0.15) is 16.6 Å². The van der Waals surface area contributed by atoms with Gasteiger partial charge in [0.15, 0.2) is 17.7 Å². The lowest BCUT2D eigenvalue weighted by molar-refractivity contribution is -0.208. The number of nitrogens with zero attached hydrogens (tertiary/aromatic N) is 1. The molecule has 0 bridgehead atoms. The number of nitrogens with one attached hydrogen (secondary N) is 1. The summed E-state index contributed by atoms with van der Waals surface area (Å²) in [6, 6.07) is 4.62. The quantitative estimate of drug-likeness (QED) is 0.535. The van der Waals surface area contributed by atoms with Gasteiger partial charge in [-0.3, -0.25) is 13.8 Å². The first-order chi connectivity index (χ1) is 16.2. The zero-order valence-electron chi connectivity index (χ0n) is 19.9. The van der Waals surface area contributed by atoms with Gasteiger partial charge < -0.3 is 34.4 Å². The van der Waals surface area contributed by atoms with Gasteiger partial charge in [-0.15, -0.1) is 0 Å². The van der Waals surface area contributed by atoms with Crippen LogP contribution in [-0.2, 0) is 29.8 Å². The van der Waals surface area contributed by atoms with Crippen LogP contribution in [0.3, 0.4) is 0 Å². The van der Waals surface area contributed by atoms with Crippen molar-refractivity contribution in [3.8, 4) is 11.5 Å². The summed E-state index contributed by atoms with van der Waals surface area (Å²) in [6.07, 6.45) is -7.07. The van der Waals surface area contributed by atoms with Gasteiger partial charge in [-0.2, -0.15) is 0 Å². The second-order valence-corrected chi connectivity index (χ2v) is 8.53. The first kappa shape index (κ1) is 19.0. The molecule has 1 unspecified atom stereocenters. The molecule has 0 radical (unpaired) electrons. The number of aliphatic hydroxyl groups is 2. The van der Waals surface area contributed by atoms with E-state index in [0.29, 0.717) is 10.5 Å². The molecular formula is C19H22FN2O9P. The van der Waals surface area contributed by atoms with E-state index < -0.39 is 44.6 Å². The topological polar surface area (TPSA) is 136 Å². The fourth-order valence-corrected chi connectivity index (χ4v) is 4.20. The summed E-state index contributed by atoms with van der Waals surface area (Å²) in [5, 5.41) is 23.2. The first-order valence-corrected chi connectivity index (χ1v) is 10.7. The molecule has 5 atom stereocenters. The van der Waals surface area contributed by atoms with E-state index in [1.54, 1.807) is 12.1 Å². The molecule has 3 aliphatic rings. The fraction of sp³-hybridized carbons (Fsp3) is 0.421. The molecular weight excluding hydrogens is 450 g/mol. The van der Waals surface area contributed by atoms with Crippen LogP contribution in [0.2, 0.25) is 0 Å². The van der Waals surface area contributed by atoms with Gasteiger partial charge in [0.1, 0.15) is 24.6 Å². The number of hydrogen-bond acceptors (Lipinski definition) is 10. The van der Waals surface area contributed by atoms with Crippen molar-refractivity contribution in [2.45, 2.75) is 37.8 Å². The van der Waals surface area contributed by atoms with Crippen LogP contribution in [0.5, 0.6) is 11.5 Å². The van der Waals surface area contributed by atoms with Gasteiger partial charge in [0.25, 0.3) is 11.8 Å². The summed E-state index contributed by atoms with van der Waals surface area (Å²) in [5.41, 5.74) is 0.409. The average Bonchev–Trinajstić information content (AvgIpc) is 2.97. The van der Waals surface area contributed by atoms with Crippen molar-refractivity contribution in [2.24, 2.45) is 0 Å². The number of amides is 1. The third-order valence-corrected chi connectivity index (χ3v) is 5.98. The third-order valence-electron chi connectivity index (χ3n) is 4.81. The largest absolute Gasteiger partial charge is 0.530 e. The minimum Gasteiger partial charge on any atom is -0.493 e. The van der Waals surface area contributed by atoms with E-state index in [2.05, 4.69) is 11.9 Å². The molecule has 1 saturated heterocycles. The van der Waals surface area contributed by atoms with Crippen LogP contribution >= 0.6 is 7.82 Å². The highest BCUT2D eigenvalue weighted by Crippen LogP contribution is 2.57. The predicted molar refractivity (Wildman–Crippen MR) is 106 cm³/mol. The maximum Gasteiger partial charge on any atom is 0.530 e. The van der Waals surface area contributed by atoms with Crippen molar-refractivity contribution in [3.05, 3.63) is 47.9 Å². The molecule has 32 heavy (non-hydrogen) atoms. The lowest BCUT2D eigenvalue weighted by atomic mass is 10.1. The van der Waals surface area contributed by atoms with E-state index >= 15 is 4.39 Å². The second-order valence-electron chi connectivity index (χ2n) is 7.01. The van der Waals surface area contributed by atoms with E-state index in [1.807, 2.05) is 0 Å². The molecule has 1 aromatic carbocycles. The molecule has 3 N–H and O–H groups in total. The Morgan fingerprint density at radius 2 is 2.28 bits per heavy atom. The minimum absolute atomic E-state index is 0.0194. The molecule has 0 spiro atoms. The minimum atomic E-state index is -4.88. The molecule has 174 valence electrons. The Balaban J connectivity index is 1.64.